The number of fused-ring (bicyclic) bond motifs is 1. The van der Waals surface area contributed by atoms with Gasteiger partial charge in [-0.1, -0.05) is 6.07 Å². The van der Waals surface area contributed by atoms with Gasteiger partial charge in [-0.15, -0.1) is 0 Å². The zero-order valence-corrected chi connectivity index (χ0v) is 13.8. The molecule has 12 heteroatoms. The molecule has 6 nitrogen and oxygen atoms in total. The topological polar surface area (TPSA) is 70.0 Å². The molecule has 2 heterocycles. The lowest BCUT2D eigenvalue weighted by molar-refractivity contribution is -0.136. The molecule has 3 rings (SSSR count). The van der Waals surface area contributed by atoms with Gasteiger partial charge in [0, 0.05) is 12.1 Å². The van der Waals surface area contributed by atoms with Crippen molar-refractivity contribution in [2.45, 2.75) is 43.7 Å². The highest BCUT2D eigenvalue weighted by atomic mass is 19.4. The number of nitrogens with two attached hydrogens (primary N) is 1. The molecular weight excluding hydrogens is 378 g/mol. The van der Waals surface area contributed by atoms with Gasteiger partial charge in [-0.25, -0.2) is 4.85 Å². The van der Waals surface area contributed by atoms with Crippen molar-refractivity contribution in [1.29, 1.82) is 0 Å². The summed E-state index contributed by atoms with van der Waals surface area (Å²) in [6, 6.07) is 2.99. The molecule has 0 saturated carbocycles. The number of hydrogen-bond donors (Lipinski definition) is 3. The molecule has 0 aliphatic carbocycles. The molecule has 3 atom stereocenters. The van der Waals surface area contributed by atoms with Crippen LogP contribution in [0.5, 0.6) is 0 Å². The van der Waals surface area contributed by atoms with Crippen LogP contribution < -0.4 is 16.4 Å². The Kier molecular flexibility index (Phi) is 4.28. The maximum Gasteiger partial charge on any atom is 0.431 e. The number of nitrogens with zero attached hydrogens (tertiary/aromatic N) is 3. The summed E-state index contributed by atoms with van der Waals surface area (Å²) in [5.74, 6) is 0. The number of anilines is 1. The first kappa shape index (κ1) is 19.2. The van der Waals surface area contributed by atoms with E-state index in [-0.39, 0.29) is 5.69 Å². The fourth-order valence-electron chi connectivity index (χ4n) is 3.21. The second kappa shape index (κ2) is 6.00. The van der Waals surface area contributed by atoms with E-state index in [4.69, 9.17) is 12.3 Å². The van der Waals surface area contributed by atoms with Gasteiger partial charge in [0.25, 0.3) is 0 Å². The molecular formula is C15H14F6N6. The Morgan fingerprint density at radius 2 is 1.96 bits per heavy atom. The van der Waals surface area contributed by atoms with E-state index < -0.39 is 53.7 Å². The van der Waals surface area contributed by atoms with Crippen molar-refractivity contribution in [2.75, 3.05) is 5.32 Å². The highest BCUT2D eigenvalue weighted by Crippen LogP contribution is 2.42. The largest absolute Gasteiger partial charge is 0.431 e. The molecule has 2 unspecified atom stereocenters. The van der Waals surface area contributed by atoms with E-state index >= 15 is 0 Å². The molecule has 0 bridgehead atoms. The van der Waals surface area contributed by atoms with Gasteiger partial charge in [-0.2, -0.15) is 31.4 Å². The van der Waals surface area contributed by atoms with Crippen LogP contribution in [0.25, 0.3) is 4.85 Å². The Bertz CT molecular complexity index is 826. The van der Waals surface area contributed by atoms with E-state index in [2.05, 4.69) is 20.6 Å². The van der Waals surface area contributed by atoms with Crippen molar-refractivity contribution in [1.82, 2.24) is 10.3 Å². The Hall–Kier alpha value is -2.52. The second-order valence-corrected chi connectivity index (χ2v) is 6.45. The van der Waals surface area contributed by atoms with Crippen molar-refractivity contribution in [3.63, 3.8) is 0 Å². The highest BCUT2D eigenvalue weighted by molar-refractivity contribution is 5.92. The quantitative estimate of drug-likeness (QED) is 0.534. The van der Waals surface area contributed by atoms with E-state index in [9.17, 15) is 26.3 Å². The van der Waals surface area contributed by atoms with Crippen LogP contribution in [-0.4, -0.2) is 34.9 Å². The molecule has 0 amide bonds. The number of hydrogen-bond acceptors (Lipinski definition) is 5. The smallest absolute Gasteiger partial charge is 0.368 e. The molecule has 2 aliphatic heterocycles. The zero-order chi connectivity index (χ0) is 20.2. The summed E-state index contributed by atoms with van der Waals surface area (Å²) < 4.78 is 78.3. The van der Waals surface area contributed by atoms with Gasteiger partial charge in [0.15, 0.2) is 12.0 Å². The molecule has 1 aromatic carbocycles. The van der Waals surface area contributed by atoms with Crippen molar-refractivity contribution in [3.8, 4) is 0 Å². The number of rotatable bonds is 2. The Morgan fingerprint density at radius 3 is 2.52 bits per heavy atom. The van der Waals surface area contributed by atoms with Crippen LogP contribution in [0.15, 0.2) is 23.3 Å². The molecule has 0 spiro atoms. The molecule has 146 valence electrons. The van der Waals surface area contributed by atoms with Gasteiger partial charge in [0.05, 0.1) is 17.7 Å². The molecule has 0 aromatic heterocycles. The SMILES string of the molecule is [C-]#[N+]c1ccc(NC2NC(N)N3N=C(C(F)(F)F)C[C@@]23C)cc1C(F)(F)F. The Balaban J connectivity index is 1.89. The third-order valence-electron chi connectivity index (χ3n) is 4.56. The van der Waals surface area contributed by atoms with Gasteiger partial charge in [-0.05, 0) is 19.1 Å². The summed E-state index contributed by atoms with van der Waals surface area (Å²) in [5.41, 5.74) is 1.82. The summed E-state index contributed by atoms with van der Waals surface area (Å²) in [6.45, 7) is 8.32. The van der Waals surface area contributed by atoms with Gasteiger partial charge in [-0.3, -0.25) is 16.1 Å². The summed E-state index contributed by atoms with van der Waals surface area (Å²) in [6.07, 6.45) is -11.8. The number of hydrazone groups is 1. The van der Waals surface area contributed by atoms with E-state index in [0.29, 0.717) is 0 Å². The van der Waals surface area contributed by atoms with Crippen LogP contribution in [0.1, 0.15) is 18.9 Å². The maximum absolute atomic E-state index is 13.1. The third kappa shape index (κ3) is 3.28. The summed E-state index contributed by atoms with van der Waals surface area (Å²) in [7, 11) is 0. The molecule has 4 N–H and O–H groups in total. The lowest BCUT2D eigenvalue weighted by Gasteiger charge is -2.32. The number of alkyl halides is 6. The normalized spacial score (nSPS) is 28.0. The first-order valence-corrected chi connectivity index (χ1v) is 7.67. The van der Waals surface area contributed by atoms with Crippen LogP contribution in [0, 0.1) is 6.57 Å². The molecule has 1 aromatic rings. The van der Waals surface area contributed by atoms with Crippen molar-refractivity contribution in [2.24, 2.45) is 10.8 Å². The lowest BCUT2D eigenvalue weighted by Crippen LogP contribution is -2.50. The van der Waals surface area contributed by atoms with E-state index in [1.165, 1.54) is 13.0 Å². The predicted octanol–water partition coefficient (Wildman–Crippen LogP) is 3.22. The van der Waals surface area contributed by atoms with Crippen molar-refractivity contribution < 1.29 is 26.3 Å². The number of halogens is 6. The average molecular weight is 392 g/mol. The predicted molar refractivity (Wildman–Crippen MR) is 84.6 cm³/mol. The summed E-state index contributed by atoms with van der Waals surface area (Å²) in [4.78, 5) is 2.84. The summed E-state index contributed by atoms with van der Waals surface area (Å²) >= 11 is 0. The first-order chi connectivity index (χ1) is 12.4. The van der Waals surface area contributed by atoms with Crippen LogP contribution in [-0.2, 0) is 6.18 Å². The van der Waals surface area contributed by atoms with Gasteiger partial charge < -0.3 is 5.32 Å². The van der Waals surface area contributed by atoms with Crippen molar-refractivity contribution in [3.05, 3.63) is 35.2 Å². The van der Waals surface area contributed by atoms with E-state index in [1.54, 1.807) is 0 Å². The molecule has 0 radical (unpaired) electrons. The van der Waals surface area contributed by atoms with E-state index in [1.807, 2.05) is 0 Å². The fraction of sp³-hybridized carbons (Fsp3) is 0.467. The fourth-order valence-corrected chi connectivity index (χ4v) is 3.21. The Labute approximate surface area is 149 Å². The van der Waals surface area contributed by atoms with Gasteiger partial charge in [0.1, 0.15) is 11.9 Å². The summed E-state index contributed by atoms with van der Waals surface area (Å²) in [5, 5.41) is 10.1. The first-order valence-electron chi connectivity index (χ1n) is 7.67. The number of nitrogens with one attached hydrogen (secondary N) is 2. The van der Waals surface area contributed by atoms with Crippen LogP contribution in [0.4, 0.5) is 37.7 Å². The average Bonchev–Trinajstić information content (AvgIpc) is 3.01. The maximum atomic E-state index is 13.1. The molecule has 1 fully saturated rings. The lowest BCUT2D eigenvalue weighted by atomic mass is 9.93. The van der Waals surface area contributed by atoms with Crippen molar-refractivity contribution >= 4 is 17.1 Å². The van der Waals surface area contributed by atoms with Gasteiger partial charge >= 0.3 is 12.4 Å². The third-order valence-corrected chi connectivity index (χ3v) is 4.56. The molecule has 1 saturated heterocycles. The van der Waals surface area contributed by atoms with Crippen LogP contribution >= 0.6 is 0 Å². The highest BCUT2D eigenvalue weighted by Gasteiger charge is 2.57. The number of benzene rings is 1. The Morgan fingerprint density at radius 1 is 1.30 bits per heavy atom. The standard InChI is InChI=1S/C15H14F6N6/c1-13-6-10(15(19,20)21)26-27(13)12(22)25-11(13)24-7-3-4-9(23-2)8(5-7)14(16,17)18/h3-5,11-12,24-25H,6,22H2,1H3/t11?,12?,13-/m0/s1. The minimum absolute atomic E-state index is 0.0111. The second-order valence-electron chi connectivity index (χ2n) is 6.45. The van der Waals surface area contributed by atoms with Crippen LogP contribution in [0.3, 0.4) is 0 Å². The zero-order valence-electron chi connectivity index (χ0n) is 13.8. The minimum Gasteiger partial charge on any atom is -0.368 e. The van der Waals surface area contributed by atoms with Crippen LogP contribution in [0.2, 0.25) is 0 Å². The minimum atomic E-state index is -4.74. The van der Waals surface area contributed by atoms with E-state index in [0.717, 1.165) is 17.1 Å². The molecule has 27 heavy (non-hydrogen) atoms. The molecule has 2 aliphatic rings. The van der Waals surface area contributed by atoms with Gasteiger partial charge in [0.2, 0.25) is 0 Å². The monoisotopic (exact) mass is 392 g/mol.